The SMILES string of the molecule is CCOCCCNCCOc1cccc(OC)c1. The number of nitrogens with one attached hydrogen (secondary N) is 1. The average molecular weight is 253 g/mol. The third-order valence-electron chi connectivity index (χ3n) is 2.44. The number of methoxy groups -OCH3 is 1. The third kappa shape index (κ3) is 6.47. The standard InChI is InChI=1S/C14H23NO3/c1-3-17-10-5-8-15-9-11-18-14-7-4-6-13(12-14)16-2/h4,6-7,12,15H,3,5,8-11H2,1-2H3. The summed E-state index contributed by atoms with van der Waals surface area (Å²) in [5.74, 6) is 1.66. The van der Waals surface area contributed by atoms with Crippen LogP contribution in [0, 0.1) is 0 Å². The zero-order valence-corrected chi connectivity index (χ0v) is 11.3. The average Bonchev–Trinajstić information content (AvgIpc) is 2.42. The van der Waals surface area contributed by atoms with Crippen molar-refractivity contribution >= 4 is 0 Å². The highest BCUT2D eigenvalue weighted by molar-refractivity contribution is 5.32. The Morgan fingerprint density at radius 3 is 2.72 bits per heavy atom. The van der Waals surface area contributed by atoms with Crippen molar-refractivity contribution in [2.75, 3.05) is 40.0 Å². The van der Waals surface area contributed by atoms with Gasteiger partial charge in [0, 0.05) is 25.8 Å². The van der Waals surface area contributed by atoms with Crippen LogP contribution in [0.15, 0.2) is 24.3 Å². The summed E-state index contributed by atoms with van der Waals surface area (Å²) in [5.41, 5.74) is 0. The molecule has 1 rings (SSSR count). The summed E-state index contributed by atoms with van der Waals surface area (Å²) in [5, 5.41) is 3.31. The van der Waals surface area contributed by atoms with E-state index in [0.29, 0.717) is 6.61 Å². The number of hydrogen-bond acceptors (Lipinski definition) is 4. The van der Waals surface area contributed by atoms with E-state index in [9.17, 15) is 0 Å². The van der Waals surface area contributed by atoms with Crippen LogP contribution in [-0.2, 0) is 4.74 Å². The monoisotopic (exact) mass is 253 g/mol. The fourth-order valence-electron chi connectivity index (χ4n) is 1.50. The van der Waals surface area contributed by atoms with Crippen molar-refractivity contribution in [3.05, 3.63) is 24.3 Å². The van der Waals surface area contributed by atoms with Gasteiger partial charge in [-0.15, -0.1) is 0 Å². The van der Waals surface area contributed by atoms with Crippen molar-refractivity contribution in [3.8, 4) is 11.5 Å². The predicted molar refractivity (Wildman–Crippen MR) is 72.5 cm³/mol. The number of ether oxygens (including phenoxy) is 3. The van der Waals surface area contributed by atoms with Gasteiger partial charge in [-0.3, -0.25) is 0 Å². The quantitative estimate of drug-likeness (QED) is 0.648. The van der Waals surface area contributed by atoms with Gasteiger partial charge >= 0.3 is 0 Å². The number of rotatable bonds is 10. The molecular formula is C14H23NO3. The normalized spacial score (nSPS) is 10.3. The molecule has 4 nitrogen and oxygen atoms in total. The smallest absolute Gasteiger partial charge is 0.123 e. The molecule has 0 aliphatic carbocycles. The Morgan fingerprint density at radius 2 is 1.94 bits per heavy atom. The fourth-order valence-corrected chi connectivity index (χ4v) is 1.50. The summed E-state index contributed by atoms with van der Waals surface area (Å²) in [7, 11) is 1.65. The summed E-state index contributed by atoms with van der Waals surface area (Å²) in [6.07, 6.45) is 1.03. The Hall–Kier alpha value is -1.26. The zero-order valence-electron chi connectivity index (χ0n) is 11.3. The lowest BCUT2D eigenvalue weighted by Gasteiger charge is -2.08. The minimum atomic E-state index is 0.655. The summed E-state index contributed by atoms with van der Waals surface area (Å²) in [6.45, 7) is 6.07. The summed E-state index contributed by atoms with van der Waals surface area (Å²) in [6, 6.07) is 7.63. The molecule has 0 aromatic heterocycles. The molecule has 0 saturated heterocycles. The molecule has 0 amide bonds. The fraction of sp³-hybridized carbons (Fsp3) is 0.571. The molecule has 0 heterocycles. The molecule has 0 radical (unpaired) electrons. The van der Waals surface area contributed by atoms with Crippen molar-refractivity contribution in [3.63, 3.8) is 0 Å². The van der Waals surface area contributed by atoms with Gasteiger partial charge in [0.15, 0.2) is 0 Å². The van der Waals surface area contributed by atoms with Crippen LogP contribution in [-0.4, -0.2) is 40.0 Å². The summed E-state index contributed by atoms with van der Waals surface area (Å²) in [4.78, 5) is 0. The van der Waals surface area contributed by atoms with Gasteiger partial charge in [0.1, 0.15) is 18.1 Å². The zero-order chi connectivity index (χ0) is 13.1. The van der Waals surface area contributed by atoms with Gasteiger partial charge in [0.25, 0.3) is 0 Å². The highest BCUT2D eigenvalue weighted by Crippen LogP contribution is 2.18. The molecule has 0 atom stereocenters. The third-order valence-corrected chi connectivity index (χ3v) is 2.44. The maximum atomic E-state index is 5.60. The molecule has 4 heteroatoms. The predicted octanol–water partition coefficient (Wildman–Crippen LogP) is 2.09. The van der Waals surface area contributed by atoms with Gasteiger partial charge in [-0.2, -0.15) is 0 Å². The van der Waals surface area contributed by atoms with Crippen LogP contribution in [0.25, 0.3) is 0 Å². The van der Waals surface area contributed by atoms with Gasteiger partial charge in [-0.05, 0) is 32.0 Å². The molecule has 0 aliphatic rings. The minimum Gasteiger partial charge on any atom is -0.497 e. The van der Waals surface area contributed by atoms with Gasteiger partial charge in [-0.25, -0.2) is 0 Å². The van der Waals surface area contributed by atoms with E-state index >= 15 is 0 Å². The van der Waals surface area contributed by atoms with Crippen molar-refractivity contribution in [1.82, 2.24) is 5.32 Å². The van der Waals surface area contributed by atoms with E-state index in [1.807, 2.05) is 31.2 Å². The first-order valence-corrected chi connectivity index (χ1v) is 6.42. The lowest BCUT2D eigenvalue weighted by Crippen LogP contribution is -2.23. The van der Waals surface area contributed by atoms with Gasteiger partial charge in [0.2, 0.25) is 0 Å². The molecule has 0 saturated carbocycles. The van der Waals surface area contributed by atoms with E-state index in [-0.39, 0.29) is 0 Å². The van der Waals surface area contributed by atoms with E-state index in [2.05, 4.69) is 5.32 Å². The van der Waals surface area contributed by atoms with Crippen molar-refractivity contribution in [1.29, 1.82) is 0 Å². The van der Waals surface area contributed by atoms with Crippen molar-refractivity contribution in [2.24, 2.45) is 0 Å². The van der Waals surface area contributed by atoms with Gasteiger partial charge < -0.3 is 19.5 Å². The lowest BCUT2D eigenvalue weighted by molar-refractivity contribution is 0.144. The molecule has 0 bridgehead atoms. The van der Waals surface area contributed by atoms with Crippen LogP contribution in [0.4, 0.5) is 0 Å². The molecule has 1 aromatic carbocycles. The molecule has 0 unspecified atom stereocenters. The Labute approximate surface area is 109 Å². The molecular weight excluding hydrogens is 230 g/mol. The van der Waals surface area contributed by atoms with Crippen LogP contribution < -0.4 is 14.8 Å². The van der Waals surface area contributed by atoms with Gasteiger partial charge in [0.05, 0.1) is 7.11 Å². The van der Waals surface area contributed by atoms with Gasteiger partial charge in [-0.1, -0.05) is 6.07 Å². The second-order valence-electron chi connectivity index (χ2n) is 3.83. The van der Waals surface area contributed by atoms with Crippen molar-refractivity contribution in [2.45, 2.75) is 13.3 Å². The molecule has 0 aliphatic heterocycles. The molecule has 1 N–H and O–H groups in total. The minimum absolute atomic E-state index is 0.655. The van der Waals surface area contributed by atoms with E-state index in [1.165, 1.54) is 0 Å². The largest absolute Gasteiger partial charge is 0.497 e. The van der Waals surface area contributed by atoms with Crippen LogP contribution in [0.2, 0.25) is 0 Å². The van der Waals surface area contributed by atoms with E-state index in [1.54, 1.807) is 7.11 Å². The van der Waals surface area contributed by atoms with Crippen LogP contribution in [0.1, 0.15) is 13.3 Å². The number of benzene rings is 1. The second-order valence-corrected chi connectivity index (χ2v) is 3.83. The van der Waals surface area contributed by atoms with Crippen LogP contribution in [0.5, 0.6) is 11.5 Å². The van der Waals surface area contributed by atoms with E-state index < -0.39 is 0 Å². The summed E-state index contributed by atoms with van der Waals surface area (Å²) >= 11 is 0. The van der Waals surface area contributed by atoms with Crippen molar-refractivity contribution < 1.29 is 14.2 Å². The van der Waals surface area contributed by atoms with E-state index in [4.69, 9.17) is 14.2 Å². The molecule has 1 aromatic rings. The lowest BCUT2D eigenvalue weighted by atomic mass is 10.3. The highest BCUT2D eigenvalue weighted by Gasteiger charge is 1.96. The van der Waals surface area contributed by atoms with Crippen LogP contribution in [0.3, 0.4) is 0 Å². The maximum absolute atomic E-state index is 5.60. The Balaban J connectivity index is 2.03. The first-order valence-electron chi connectivity index (χ1n) is 6.42. The number of hydrogen-bond donors (Lipinski definition) is 1. The first kappa shape index (κ1) is 14.8. The second kappa shape index (κ2) is 9.74. The molecule has 0 spiro atoms. The Kier molecular flexibility index (Phi) is 8.01. The summed E-state index contributed by atoms with van der Waals surface area (Å²) < 4.78 is 16.0. The van der Waals surface area contributed by atoms with Crippen LogP contribution >= 0.6 is 0 Å². The Bertz CT molecular complexity index is 318. The maximum Gasteiger partial charge on any atom is 0.123 e. The topological polar surface area (TPSA) is 39.7 Å². The van der Waals surface area contributed by atoms with E-state index in [0.717, 1.165) is 44.2 Å². The Morgan fingerprint density at radius 1 is 1.11 bits per heavy atom. The molecule has 0 fully saturated rings. The molecule has 18 heavy (non-hydrogen) atoms. The first-order chi connectivity index (χ1) is 8.86. The highest BCUT2D eigenvalue weighted by atomic mass is 16.5. The molecule has 102 valence electrons.